The normalized spacial score (nSPS) is 11.4. The minimum absolute atomic E-state index is 0.283. The average molecular weight is 191 g/mol. The Morgan fingerprint density at radius 1 is 1.50 bits per heavy atom. The topological polar surface area (TPSA) is 64.9 Å². The summed E-state index contributed by atoms with van der Waals surface area (Å²) in [5.74, 6) is 1.01. The molecular weight excluding hydrogens is 178 g/mol. The van der Waals surface area contributed by atoms with Crippen molar-refractivity contribution in [2.75, 3.05) is 0 Å². The van der Waals surface area contributed by atoms with E-state index in [9.17, 15) is 0 Å². The second-order valence-electron chi connectivity index (χ2n) is 3.58. The molecule has 0 aliphatic heterocycles. The van der Waals surface area contributed by atoms with Crippen LogP contribution in [0.25, 0.3) is 11.2 Å². The van der Waals surface area contributed by atoms with Crippen LogP contribution in [0.2, 0.25) is 0 Å². The Kier molecular flexibility index (Phi) is 2.21. The van der Waals surface area contributed by atoms with Crippen molar-refractivity contribution in [1.82, 2.24) is 9.97 Å². The van der Waals surface area contributed by atoms with E-state index >= 15 is 0 Å². The minimum atomic E-state index is 0.283. The molecule has 4 heteroatoms. The summed E-state index contributed by atoms with van der Waals surface area (Å²) < 4.78 is 5.47. The van der Waals surface area contributed by atoms with Crippen molar-refractivity contribution < 1.29 is 4.42 Å². The van der Waals surface area contributed by atoms with Crippen LogP contribution in [0, 0.1) is 0 Å². The summed E-state index contributed by atoms with van der Waals surface area (Å²) in [6, 6.07) is 1.91. The molecule has 0 saturated heterocycles. The third-order valence-electron chi connectivity index (χ3n) is 2.05. The number of rotatable bonds is 2. The van der Waals surface area contributed by atoms with E-state index in [4.69, 9.17) is 10.2 Å². The quantitative estimate of drug-likeness (QED) is 0.786. The molecule has 2 N–H and O–H groups in total. The van der Waals surface area contributed by atoms with Crippen molar-refractivity contribution in [1.29, 1.82) is 0 Å². The molecule has 0 fully saturated rings. The highest BCUT2D eigenvalue weighted by atomic mass is 16.4. The van der Waals surface area contributed by atoms with E-state index in [1.165, 1.54) is 0 Å². The first-order chi connectivity index (χ1) is 6.70. The van der Waals surface area contributed by atoms with Gasteiger partial charge < -0.3 is 10.2 Å². The van der Waals surface area contributed by atoms with Crippen LogP contribution in [0.5, 0.6) is 0 Å². The summed E-state index contributed by atoms with van der Waals surface area (Å²) in [4.78, 5) is 8.48. The van der Waals surface area contributed by atoms with Gasteiger partial charge in [-0.3, -0.25) is 0 Å². The van der Waals surface area contributed by atoms with Gasteiger partial charge in [-0.2, -0.15) is 0 Å². The molecule has 0 aliphatic rings. The van der Waals surface area contributed by atoms with E-state index < -0.39 is 0 Å². The molecule has 0 atom stereocenters. The van der Waals surface area contributed by atoms with Gasteiger partial charge in [-0.25, -0.2) is 9.97 Å². The number of pyridine rings is 1. The first-order valence-corrected chi connectivity index (χ1v) is 4.66. The van der Waals surface area contributed by atoms with E-state index in [1.807, 2.05) is 19.9 Å². The molecule has 74 valence electrons. The Morgan fingerprint density at radius 2 is 2.29 bits per heavy atom. The van der Waals surface area contributed by atoms with E-state index in [0.717, 1.165) is 17.0 Å². The zero-order valence-electron chi connectivity index (χ0n) is 8.32. The van der Waals surface area contributed by atoms with Crippen molar-refractivity contribution in [3.05, 3.63) is 23.7 Å². The number of aromatic nitrogens is 2. The molecule has 0 aliphatic carbocycles. The van der Waals surface area contributed by atoms with Gasteiger partial charge in [0.25, 0.3) is 0 Å². The van der Waals surface area contributed by atoms with Crippen molar-refractivity contribution in [2.45, 2.75) is 26.3 Å². The van der Waals surface area contributed by atoms with Gasteiger partial charge in [0.15, 0.2) is 5.89 Å². The van der Waals surface area contributed by atoms with Gasteiger partial charge >= 0.3 is 0 Å². The number of oxazole rings is 1. The van der Waals surface area contributed by atoms with Gasteiger partial charge in [-0.1, -0.05) is 13.8 Å². The Labute approximate surface area is 82.1 Å². The zero-order valence-corrected chi connectivity index (χ0v) is 8.32. The second kappa shape index (κ2) is 3.38. The van der Waals surface area contributed by atoms with Gasteiger partial charge in [-0.05, 0) is 11.6 Å². The van der Waals surface area contributed by atoms with Crippen LogP contribution in [-0.2, 0) is 6.54 Å². The largest absolute Gasteiger partial charge is 0.422 e. The molecule has 0 bridgehead atoms. The number of nitrogens with zero attached hydrogens (tertiary/aromatic N) is 2. The lowest BCUT2D eigenvalue weighted by Crippen LogP contribution is -1.96. The second-order valence-corrected chi connectivity index (χ2v) is 3.58. The third kappa shape index (κ3) is 1.48. The van der Waals surface area contributed by atoms with Crippen molar-refractivity contribution >= 4 is 11.2 Å². The predicted molar refractivity (Wildman–Crippen MR) is 53.8 cm³/mol. The third-order valence-corrected chi connectivity index (χ3v) is 2.05. The van der Waals surface area contributed by atoms with Gasteiger partial charge in [0.05, 0.1) is 0 Å². The molecule has 0 spiro atoms. The fraction of sp³-hybridized carbons (Fsp3) is 0.400. The van der Waals surface area contributed by atoms with Gasteiger partial charge in [-0.15, -0.1) is 0 Å². The number of nitrogens with two attached hydrogens (primary N) is 1. The molecule has 2 aromatic rings. The molecule has 4 nitrogen and oxygen atoms in total. The maximum Gasteiger partial charge on any atom is 0.246 e. The first-order valence-electron chi connectivity index (χ1n) is 4.66. The maximum atomic E-state index is 5.51. The molecule has 2 heterocycles. The summed E-state index contributed by atoms with van der Waals surface area (Å²) in [5.41, 5.74) is 7.86. The monoisotopic (exact) mass is 191 g/mol. The lowest BCUT2D eigenvalue weighted by atomic mass is 10.2. The fourth-order valence-electron chi connectivity index (χ4n) is 1.24. The zero-order chi connectivity index (χ0) is 10.1. The summed E-state index contributed by atoms with van der Waals surface area (Å²) in [5, 5.41) is 0. The van der Waals surface area contributed by atoms with Gasteiger partial charge in [0.2, 0.25) is 5.71 Å². The maximum absolute atomic E-state index is 5.51. The molecule has 0 saturated carbocycles. The molecule has 2 aromatic heterocycles. The summed E-state index contributed by atoms with van der Waals surface area (Å²) >= 11 is 0. The standard InChI is InChI=1S/C10H13N3O/c1-6(2)9-13-8-3-7(4-11)5-12-10(8)14-9/h3,5-6H,4,11H2,1-2H3. The van der Waals surface area contributed by atoms with Crippen LogP contribution in [0.1, 0.15) is 31.2 Å². The van der Waals surface area contributed by atoms with E-state index in [0.29, 0.717) is 12.3 Å². The van der Waals surface area contributed by atoms with Crippen molar-refractivity contribution in [3.8, 4) is 0 Å². The fourth-order valence-corrected chi connectivity index (χ4v) is 1.24. The minimum Gasteiger partial charge on any atom is -0.422 e. The summed E-state index contributed by atoms with van der Waals surface area (Å²) in [6.07, 6.45) is 1.72. The van der Waals surface area contributed by atoms with Crippen LogP contribution in [0.15, 0.2) is 16.7 Å². The smallest absolute Gasteiger partial charge is 0.246 e. The van der Waals surface area contributed by atoms with Gasteiger partial charge in [0, 0.05) is 18.7 Å². The molecule has 0 aromatic carbocycles. The van der Waals surface area contributed by atoms with Crippen LogP contribution in [-0.4, -0.2) is 9.97 Å². The Bertz CT molecular complexity index is 448. The average Bonchev–Trinajstić information content (AvgIpc) is 2.59. The highest BCUT2D eigenvalue weighted by Gasteiger charge is 2.09. The molecule has 14 heavy (non-hydrogen) atoms. The highest BCUT2D eigenvalue weighted by molar-refractivity contribution is 5.68. The van der Waals surface area contributed by atoms with Crippen LogP contribution in [0.4, 0.5) is 0 Å². The molecule has 0 unspecified atom stereocenters. The van der Waals surface area contributed by atoms with E-state index in [-0.39, 0.29) is 5.92 Å². The molecule has 0 amide bonds. The summed E-state index contributed by atoms with van der Waals surface area (Å²) in [6.45, 7) is 4.55. The Balaban J connectivity index is 2.54. The van der Waals surface area contributed by atoms with E-state index in [2.05, 4.69) is 9.97 Å². The van der Waals surface area contributed by atoms with Crippen molar-refractivity contribution in [2.24, 2.45) is 5.73 Å². The number of fused-ring (bicyclic) bond motifs is 1. The van der Waals surface area contributed by atoms with E-state index in [1.54, 1.807) is 6.20 Å². The van der Waals surface area contributed by atoms with Crippen molar-refractivity contribution in [3.63, 3.8) is 0 Å². The SMILES string of the molecule is CC(C)c1nc2cc(CN)cnc2o1. The molecular formula is C10H13N3O. The summed E-state index contributed by atoms with van der Waals surface area (Å²) in [7, 11) is 0. The number of hydrogen-bond acceptors (Lipinski definition) is 4. The molecule has 2 rings (SSSR count). The van der Waals surface area contributed by atoms with Crippen LogP contribution >= 0.6 is 0 Å². The first kappa shape index (κ1) is 9.15. The Hall–Kier alpha value is -1.42. The predicted octanol–water partition coefficient (Wildman–Crippen LogP) is 1.80. The Morgan fingerprint density at radius 3 is 2.93 bits per heavy atom. The number of hydrogen-bond donors (Lipinski definition) is 1. The van der Waals surface area contributed by atoms with Gasteiger partial charge in [0.1, 0.15) is 5.52 Å². The lowest BCUT2D eigenvalue weighted by molar-refractivity contribution is 0.494. The highest BCUT2D eigenvalue weighted by Crippen LogP contribution is 2.19. The van der Waals surface area contributed by atoms with Crippen LogP contribution in [0.3, 0.4) is 0 Å². The molecule has 0 radical (unpaired) electrons. The lowest BCUT2D eigenvalue weighted by Gasteiger charge is -1.93. The van der Waals surface area contributed by atoms with Crippen LogP contribution < -0.4 is 5.73 Å².